The number of rotatable bonds is 1. The summed E-state index contributed by atoms with van der Waals surface area (Å²) in [6, 6.07) is 7.06. The van der Waals surface area contributed by atoms with Crippen LogP contribution in [-0.4, -0.2) is 19.4 Å². The fraction of sp³-hybridized carbons (Fsp3) is 0. The van der Waals surface area contributed by atoms with Crippen molar-refractivity contribution in [3.05, 3.63) is 47.2 Å². The van der Waals surface area contributed by atoms with Gasteiger partial charge >= 0.3 is 0 Å². The van der Waals surface area contributed by atoms with E-state index in [2.05, 4.69) is 15.0 Å². The molecule has 0 radical (unpaired) electrons. The van der Waals surface area contributed by atoms with Crippen LogP contribution >= 0.6 is 11.6 Å². The molecule has 0 aliphatic rings. The van der Waals surface area contributed by atoms with Crippen LogP contribution in [0.5, 0.6) is 0 Å². The maximum atomic E-state index is 7.98. The van der Waals surface area contributed by atoms with Crippen LogP contribution in [0.2, 0.25) is 5.02 Å². The van der Waals surface area contributed by atoms with Gasteiger partial charge in [-0.05, 0) is 24.3 Å². The van der Waals surface area contributed by atoms with Gasteiger partial charge in [0.15, 0.2) is 22.7 Å². The second-order valence-corrected chi connectivity index (χ2v) is 4.73. The standard InChI is InChI=1S/C13H8ClN5O/c14-7-3-4-9-16-11(15)10-13(19(9)6-7)18-12(17-10)8-2-1-5-20-8/h1-6,15H,(H,17,18). The number of aromatic amines is 1. The molecule has 98 valence electrons. The second-order valence-electron chi connectivity index (χ2n) is 4.30. The Labute approximate surface area is 117 Å². The molecular weight excluding hydrogens is 278 g/mol. The van der Waals surface area contributed by atoms with Crippen molar-refractivity contribution in [2.24, 2.45) is 0 Å². The van der Waals surface area contributed by atoms with E-state index in [0.29, 0.717) is 33.4 Å². The fourth-order valence-corrected chi connectivity index (χ4v) is 2.29. The average Bonchev–Trinajstić information content (AvgIpc) is 3.08. The number of halogens is 1. The monoisotopic (exact) mass is 285 g/mol. The van der Waals surface area contributed by atoms with E-state index in [9.17, 15) is 0 Å². The first-order chi connectivity index (χ1) is 9.72. The van der Waals surface area contributed by atoms with Crippen molar-refractivity contribution in [3.8, 4) is 11.6 Å². The van der Waals surface area contributed by atoms with Gasteiger partial charge in [-0.1, -0.05) is 11.6 Å². The Kier molecular flexibility index (Phi) is 2.22. The summed E-state index contributed by atoms with van der Waals surface area (Å²) in [4.78, 5) is 11.7. The molecule has 7 heteroatoms. The van der Waals surface area contributed by atoms with Crippen LogP contribution in [0.1, 0.15) is 0 Å². The Morgan fingerprint density at radius 1 is 1.25 bits per heavy atom. The molecule has 0 aromatic carbocycles. The van der Waals surface area contributed by atoms with Gasteiger partial charge in [-0.3, -0.25) is 9.81 Å². The zero-order chi connectivity index (χ0) is 13.7. The largest absolute Gasteiger partial charge is 0.461 e. The summed E-state index contributed by atoms with van der Waals surface area (Å²) in [6.45, 7) is 0. The van der Waals surface area contributed by atoms with E-state index < -0.39 is 0 Å². The van der Waals surface area contributed by atoms with Gasteiger partial charge in [-0.25, -0.2) is 9.97 Å². The minimum Gasteiger partial charge on any atom is -0.461 e. The molecule has 4 rings (SSSR count). The van der Waals surface area contributed by atoms with Crippen LogP contribution in [0.3, 0.4) is 0 Å². The number of hydrogen-bond donors (Lipinski definition) is 2. The fourth-order valence-electron chi connectivity index (χ4n) is 2.13. The number of fused-ring (bicyclic) bond motifs is 3. The Morgan fingerprint density at radius 2 is 2.15 bits per heavy atom. The molecular formula is C13H8ClN5O. The maximum Gasteiger partial charge on any atom is 0.176 e. The van der Waals surface area contributed by atoms with E-state index >= 15 is 0 Å². The van der Waals surface area contributed by atoms with Gasteiger partial charge in [0.25, 0.3) is 0 Å². The summed E-state index contributed by atoms with van der Waals surface area (Å²) in [5, 5.41) is 8.55. The van der Waals surface area contributed by atoms with Gasteiger partial charge in [0.1, 0.15) is 11.2 Å². The van der Waals surface area contributed by atoms with Gasteiger partial charge in [0.2, 0.25) is 0 Å². The van der Waals surface area contributed by atoms with Crippen molar-refractivity contribution >= 4 is 28.4 Å². The van der Waals surface area contributed by atoms with Crippen molar-refractivity contribution in [1.29, 1.82) is 5.41 Å². The Balaban J connectivity index is 2.15. The molecule has 0 saturated carbocycles. The summed E-state index contributed by atoms with van der Waals surface area (Å²) < 4.78 is 7.06. The van der Waals surface area contributed by atoms with Gasteiger partial charge in [0, 0.05) is 6.20 Å². The third-order valence-electron chi connectivity index (χ3n) is 3.02. The number of pyridine rings is 1. The lowest BCUT2D eigenvalue weighted by Crippen LogP contribution is -2.10. The topological polar surface area (TPSA) is 83.0 Å². The van der Waals surface area contributed by atoms with Crippen LogP contribution in [0, 0.1) is 5.41 Å². The highest BCUT2D eigenvalue weighted by Crippen LogP contribution is 2.20. The Morgan fingerprint density at radius 3 is 2.95 bits per heavy atom. The second kappa shape index (κ2) is 3.94. The van der Waals surface area contributed by atoms with E-state index in [-0.39, 0.29) is 5.49 Å². The molecule has 0 amide bonds. The number of hydrogen-bond acceptors (Lipinski definition) is 4. The van der Waals surface area contributed by atoms with Crippen molar-refractivity contribution in [2.45, 2.75) is 0 Å². The minimum atomic E-state index is 0.132. The first-order valence-electron chi connectivity index (χ1n) is 5.88. The lowest BCUT2D eigenvalue weighted by atomic mass is 10.4. The van der Waals surface area contributed by atoms with E-state index in [0.717, 1.165) is 0 Å². The molecule has 6 nitrogen and oxygen atoms in total. The van der Waals surface area contributed by atoms with E-state index in [4.69, 9.17) is 21.4 Å². The molecule has 2 N–H and O–H groups in total. The van der Waals surface area contributed by atoms with Gasteiger partial charge in [-0.2, -0.15) is 0 Å². The Hall–Kier alpha value is -2.60. The van der Waals surface area contributed by atoms with Crippen LogP contribution in [0.4, 0.5) is 0 Å². The number of imidazole rings is 1. The predicted molar refractivity (Wildman–Crippen MR) is 73.4 cm³/mol. The number of furan rings is 1. The molecule has 4 heterocycles. The molecule has 0 unspecified atom stereocenters. The Bertz CT molecular complexity index is 983. The molecule has 0 atom stereocenters. The lowest BCUT2D eigenvalue weighted by molar-refractivity contribution is 0.578. The highest BCUT2D eigenvalue weighted by Gasteiger charge is 2.12. The lowest BCUT2D eigenvalue weighted by Gasteiger charge is -2.01. The van der Waals surface area contributed by atoms with Crippen LogP contribution in [-0.2, 0) is 0 Å². The molecule has 0 fully saturated rings. The molecule has 20 heavy (non-hydrogen) atoms. The smallest absolute Gasteiger partial charge is 0.176 e. The summed E-state index contributed by atoms with van der Waals surface area (Å²) in [6.07, 6.45) is 3.29. The normalized spacial score (nSPS) is 11.4. The van der Waals surface area contributed by atoms with Gasteiger partial charge < -0.3 is 9.40 Å². The number of nitrogens with one attached hydrogen (secondary N) is 2. The number of aromatic nitrogens is 4. The SMILES string of the molecule is N=c1nc2ccc(Cl)cn2c2nc(-c3ccco3)[nH]c12. The van der Waals surface area contributed by atoms with Crippen LogP contribution in [0.15, 0.2) is 41.1 Å². The summed E-state index contributed by atoms with van der Waals surface area (Å²) >= 11 is 6.01. The van der Waals surface area contributed by atoms with Crippen LogP contribution < -0.4 is 5.49 Å². The first kappa shape index (κ1) is 11.2. The third kappa shape index (κ3) is 1.55. The molecule has 0 bridgehead atoms. The van der Waals surface area contributed by atoms with E-state index in [1.807, 2.05) is 0 Å². The highest BCUT2D eigenvalue weighted by atomic mass is 35.5. The van der Waals surface area contributed by atoms with E-state index in [1.165, 1.54) is 0 Å². The summed E-state index contributed by atoms with van der Waals surface area (Å²) in [5.41, 5.74) is 1.88. The zero-order valence-corrected chi connectivity index (χ0v) is 10.8. The van der Waals surface area contributed by atoms with Crippen LogP contribution in [0.25, 0.3) is 28.4 Å². The van der Waals surface area contributed by atoms with Crippen molar-refractivity contribution in [2.75, 3.05) is 0 Å². The molecule has 4 aromatic rings. The van der Waals surface area contributed by atoms with Gasteiger partial charge in [0.05, 0.1) is 11.3 Å². The molecule has 0 aliphatic heterocycles. The van der Waals surface area contributed by atoms with E-state index in [1.54, 1.807) is 41.1 Å². The molecule has 4 aromatic heterocycles. The highest BCUT2D eigenvalue weighted by molar-refractivity contribution is 6.30. The zero-order valence-electron chi connectivity index (χ0n) is 10.1. The predicted octanol–water partition coefficient (Wildman–Crippen LogP) is 2.60. The third-order valence-corrected chi connectivity index (χ3v) is 3.25. The number of nitrogens with zero attached hydrogens (tertiary/aromatic N) is 3. The average molecular weight is 286 g/mol. The van der Waals surface area contributed by atoms with Gasteiger partial charge in [-0.15, -0.1) is 0 Å². The summed E-state index contributed by atoms with van der Waals surface area (Å²) in [7, 11) is 0. The van der Waals surface area contributed by atoms with Crippen molar-refractivity contribution in [3.63, 3.8) is 0 Å². The quantitative estimate of drug-likeness (QED) is 0.564. The molecule has 0 saturated heterocycles. The molecule has 0 spiro atoms. The maximum absolute atomic E-state index is 7.98. The van der Waals surface area contributed by atoms with Crippen molar-refractivity contribution < 1.29 is 4.42 Å². The first-order valence-corrected chi connectivity index (χ1v) is 6.26. The van der Waals surface area contributed by atoms with Crippen molar-refractivity contribution in [1.82, 2.24) is 19.4 Å². The number of H-pyrrole nitrogens is 1. The summed E-state index contributed by atoms with van der Waals surface area (Å²) in [5.74, 6) is 1.16. The molecule has 0 aliphatic carbocycles. The minimum absolute atomic E-state index is 0.132.